The zero-order valence-electron chi connectivity index (χ0n) is 16.6. The molecule has 1 atom stereocenters. The smallest absolute Gasteiger partial charge is 0.321 e. The highest BCUT2D eigenvalue weighted by atomic mass is 32.2. The molecule has 2 heterocycles. The monoisotopic (exact) mass is 422 g/mol. The van der Waals surface area contributed by atoms with E-state index >= 15 is 0 Å². The minimum absolute atomic E-state index is 0.0282. The van der Waals surface area contributed by atoms with Crippen LogP contribution in [0.3, 0.4) is 0 Å². The Kier molecular flexibility index (Phi) is 6.44. The molecule has 2 N–H and O–H groups in total. The number of thioether (sulfide) groups is 1. The van der Waals surface area contributed by atoms with Crippen molar-refractivity contribution in [3.63, 3.8) is 0 Å². The van der Waals surface area contributed by atoms with Crippen molar-refractivity contribution in [2.75, 3.05) is 0 Å². The van der Waals surface area contributed by atoms with E-state index in [1.165, 1.54) is 22.2 Å². The summed E-state index contributed by atoms with van der Waals surface area (Å²) in [5.41, 5.74) is 1.14. The molecular formula is C19H26N4O3S2. The van der Waals surface area contributed by atoms with Gasteiger partial charge < -0.3 is 5.32 Å². The molecule has 3 rings (SSSR count). The first kappa shape index (κ1) is 20.9. The summed E-state index contributed by atoms with van der Waals surface area (Å²) in [4.78, 5) is 44.0. The molecule has 0 saturated heterocycles. The Morgan fingerprint density at radius 3 is 2.64 bits per heavy atom. The predicted octanol–water partition coefficient (Wildman–Crippen LogP) is 3.07. The average Bonchev–Trinajstić information content (AvgIpc) is 2.99. The van der Waals surface area contributed by atoms with E-state index in [-0.39, 0.29) is 11.6 Å². The summed E-state index contributed by atoms with van der Waals surface area (Å²) in [5.74, 6) is -0.411. The number of carbonyl (C=O) groups is 2. The lowest BCUT2D eigenvalue weighted by Crippen LogP contribution is -2.45. The lowest BCUT2D eigenvalue weighted by molar-refractivity contribution is -0.119. The molecule has 28 heavy (non-hydrogen) atoms. The van der Waals surface area contributed by atoms with E-state index in [1.54, 1.807) is 22.8 Å². The van der Waals surface area contributed by atoms with Crippen molar-refractivity contribution in [1.82, 2.24) is 20.2 Å². The Hall–Kier alpha value is -1.87. The van der Waals surface area contributed by atoms with Gasteiger partial charge in [0.15, 0.2) is 5.16 Å². The van der Waals surface area contributed by atoms with Gasteiger partial charge in [0.05, 0.1) is 10.6 Å². The molecule has 0 unspecified atom stereocenters. The van der Waals surface area contributed by atoms with Gasteiger partial charge in [0.1, 0.15) is 4.83 Å². The fourth-order valence-electron chi connectivity index (χ4n) is 3.31. The molecule has 1 aliphatic rings. The number of nitrogens with zero attached hydrogens (tertiary/aromatic N) is 2. The number of nitrogens with one attached hydrogen (secondary N) is 2. The molecule has 1 aliphatic carbocycles. The van der Waals surface area contributed by atoms with Gasteiger partial charge in [-0.1, -0.05) is 11.8 Å². The minimum Gasteiger partial charge on any atom is -0.336 e. The number of aryl methyl sites for hydroxylation is 2. The van der Waals surface area contributed by atoms with Gasteiger partial charge in [0.25, 0.3) is 5.56 Å². The maximum absolute atomic E-state index is 13.1. The highest BCUT2D eigenvalue weighted by molar-refractivity contribution is 8.00. The number of aromatic nitrogens is 2. The Labute approximate surface area is 172 Å². The largest absolute Gasteiger partial charge is 0.336 e. The second-order valence-corrected chi connectivity index (χ2v) is 9.60. The van der Waals surface area contributed by atoms with Crippen LogP contribution in [0.25, 0.3) is 10.2 Å². The van der Waals surface area contributed by atoms with Crippen molar-refractivity contribution < 1.29 is 9.59 Å². The van der Waals surface area contributed by atoms with Crippen LogP contribution in [0.4, 0.5) is 4.79 Å². The van der Waals surface area contributed by atoms with Crippen LogP contribution < -0.4 is 16.2 Å². The summed E-state index contributed by atoms with van der Waals surface area (Å²) in [7, 11) is 0. The van der Waals surface area contributed by atoms with Crippen LogP contribution in [0.1, 0.15) is 51.0 Å². The zero-order chi connectivity index (χ0) is 20.4. The van der Waals surface area contributed by atoms with Crippen LogP contribution in [-0.4, -0.2) is 32.8 Å². The van der Waals surface area contributed by atoms with Crippen LogP contribution in [-0.2, 0) is 24.2 Å². The van der Waals surface area contributed by atoms with E-state index in [0.29, 0.717) is 11.7 Å². The summed E-state index contributed by atoms with van der Waals surface area (Å²) in [6, 6.07) is -0.579. The van der Waals surface area contributed by atoms with Gasteiger partial charge in [0.2, 0.25) is 5.91 Å². The quantitative estimate of drug-likeness (QED) is 0.571. The van der Waals surface area contributed by atoms with Crippen LogP contribution in [0.5, 0.6) is 0 Å². The molecule has 152 valence electrons. The Balaban J connectivity index is 1.87. The van der Waals surface area contributed by atoms with Gasteiger partial charge in [-0.15, -0.1) is 11.3 Å². The normalized spacial score (nSPS) is 14.8. The summed E-state index contributed by atoms with van der Waals surface area (Å²) in [6.45, 7) is 7.73. The first-order valence-electron chi connectivity index (χ1n) is 9.64. The molecular weight excluding hydrogens is 396 g/mol. The summed E-state index contributed by atoms with van der Waals surface area (Å²) in [5, 5.41) is 5.67. The van der Waals surface area contributed by atoms with E-state index < -0.39 is 17.2 Å². The first-order valence-corrected chi connectivity index (χ1v) is 11.3. The Bertz CT molecular complexity index is 964. The molecule has 0 saturated carbocycles. The molecule has 9 heteroatoms. The van der Waals surface area contributed by atoms with Crippen molar-refractivity contribution in [3.8, 4) is 0 Å². The molecule has 0 bridgehead atoms. The molecule has 0 fully saturated rings. The predicted molar refractivity (Wildman–Crippen MR) is 113 cm³/mol. The maximum Gasteiger partial charge on any atom is 0.321 e. The Morgan fingerprint density at radius 1 is 1.25 bits per heavy atom. The van der Waals surface area contributed by atoms with Gasteiger partial charge in [-0.25, -0.2) is 9.78 Å². The van der Waals surface area contributed by atoms with E-state index in [4.69, 9.17) is 4.98 Å². The van der Waals surface area contributed by atoms with E-state index in [0.717, 1.165) is 35.9 Å². The summed E-state index contributed by atoms with van der Waals surface area (Å²) >= 11 is 2.80. The lowest BCUT2D eigenvalue weighted by Gasteiger charge is -2.15. The number of hydrogen-bond donors (Lipinski definition) is 2. The summed E-state index contributed by atoms with van der Waals surface area (Å²) in [6.07, 6.45) is 4.20. The van der Waals surface area contributed by atoms with Crippen molar-refractivity contribution in [3.05, 3.63) is 20.8 Å². The minimum atomic E-state index is -0.561. The highest BCUT2D eigenvalue weighted by Crippen LogP contribution is 2.35. The van der Waals surface area contributed by atoms with Crippen molar-refractivity contribution in [1.29, 1.82) is 0 Å². The third kappa shape index (κ3) is 4.25. The number of fused-ring (bicyclic) bond motifs is 3. The fourth-order valence-corrected chi connectivity index (χ4v) is 5.59. The molecule has 0 radical (unpaired) electrons. The van der Waals surface area contributed by atoms with Crippen LogP contribution in [0.2, 0.25) is 0 Å². The zero-order valence-corrected chi connectivity index (χ0v) is 18.3. The molecule has 2 aromatic heterocycles. The molecule has 0 aromatic carbocycles. The lowest BCUT2D eigenvalue weighted by atomic mass is 9.97. The number of urea groups is 1. The number of imide groups is 1. The van der Waals surface area contributed by atoms with E-state index in [1.807, 2.05) is 20.8 Å². The van der Waals surface area contributed by atoms with Gasteiger partial charge in [-0.3, -0.25) is 19.5 Å². The standard InChI is InChI=1S/C19H26N4O3S2/c1-5-23-17(25)14-12-8-6-7-9-13(12)28-16(14)22-19(23)27-11(4)15(24)21-18(26)20-10(2)3/h10-11H,5-9H2,1-4H3,(H2,20,21,24,26)/t11-/m0/s1. The number of thiophene rings is 1. The topological polar surface area (TPSA) is 93.1 Å². The SMILES string of the molecule is CCn1c(S[C@@H](C)C(=O)NC(=O)NC(C)C)nc2sc3c(c2c1=O)CCCC3. The number of hydrogen-bond acceptors (Lipinski definition) is 6. The number of carbonyl (C=O) groups excluding carboxylic acids is 2. The van der Waals surface area contributed by atoms with Crippen LogP contribution in [0, 0.1) is 0 Å². The number of rotatable bonds is 5. The van der Waals surface area contributed by atoms with E-state index in [2.05, 4.69) is 10.6 Å². The highest BCUT2D eigenvalue weighted by Gasteiger charge is 2.24. The first-order chi connectivity index (χ1) is 13.3. The van der Waals surface area contributed by atoms with Crippen molar-refractivity contribution in [2.45, 2.75) is 76.4 Å². The average molecular weight is 423 g/mol. The van der Waals surface area contributed by atoms with Gasteiger partial charge in [0, 0.05) is 17.5 Å². The molecule has 0 aliphatic heterocycles. The molecule has 3 amide bonds. The van der Waals surface area contributed by atoms with Crippen LogP contribution >= 0.6 is 23.1 Å². The van der Waals surface area contributed by atoms with E-state index in [9.17, 15) is 14.4 Å². The van der Waals surface area contributed by atoms with Crippen molar-refractivity contribution in [2.24, 2.45) is 0 Å². The van der Waals surface area contributed by atoms with Crippen molar-refractivity contribution >= 4 is 45.3 Å². The second kappa shape index (κ2) is 8.65. The summed E-state index contributed by atoms with van der Waals surface area (Å²) < 4.78 is 1.63. The second-order valence-electron chi connectivity index (χ2n) is 7.21. The molecule has 7 nitrogen and oxygen atoms in total. The van der Waals surface area contributed by atoms with Crippen LogP contribution in [0.15, 0.2) is 9.95 Å². The third-order valence-electron chi connectivity index (χ3n) is 4.66. The van der Waals surface area contributed by atoms with Gasteiger partial charge in [-0.05, 0) is 58.9 Å². The maximum atomic E-state index is 13.1. The molecule has 0 spiro atoms. The van der Waals surface area contributed by atoms with Gasteiger partial charge in [-0.2, -0.15) is 0 Å². The van der Waals surface area contributed by atoms with Gasteiger partial charge >= 0.3 is 6.03 Å². The number of amides is 3. The Morgan fingerprint density at radius 2 is 1.96 bits per heavy atom. The molecule has 2 aromatic rings. The fraction of sp³-hybridized carbons (Fsp3) is 0.579. The third-order valence-corrected chi connectivity index (χ3v) is 6.94.